The van der Waals surface area contributed by atoms with Crippen LogP contribution in [-0.4, -0.2) is 11.2 Å². The van der Waals surface area contributed by atoms with E-state index in [9.17, 15) is 0 Å². The molecule has 0 spiro atoms. The number of aromatic nitrogens is 1. The van der Waals surface area contributed by atoms with Crippen molar-refractivity contribution < 1.29 is 4.74 Å². The van der Waals surface area contributed by atoms with Gasteiger partial charge in [0, 0.05) is 36.3 Å². The van der Waals surface area contributed by atoms with E-state index in [-0.39, 0.29) is 6.04 Å². The van der Waals surface area contributed by atoms with Gasteiger partial charge in [0.05, 0.1) is 6.04 Å². The topological polar surface area (TPSA) is 26.2 Å². The van der Waals surface area contributed by atoms with Gasteiger partial charge in [-0.3, -0.25) is 0 Å². The lowest BCUT2D eigenvalue weighted by Gasteiger charge is -2.11. The molecule has 0 radical (unpaired) electrons. The summed E-state index contributed by atoms with van der Waals surface area (Å²) >= 11 is 0. The van der Waals surface area contributed by atoms with Crippen molar-refractivity contribution in [2.75, 3.05) is 6.61 Å². The van der Waals surface area contributed by atoms with Crippen molar-refractivity contribution in [1.82, 2.24) is 9.88 Å². The SMILES string of the molecule is Cn1cc(CNC2COc3ccccc32)c2ccccc21. The number of aryl methyl sites for hydroxylation is 1. The molecule has 0 fully saturated rings. The summed E-state index contributed by atoms with van der Waals surface area (Å²) in [7, 11) is 2.10. The minimum Gasteiger partial charge on any atom is -0.491 e. The standard InChI is InChI=1S/C18H18N2O/c1-20-11-13(14-6-2-4-8-17(14)20)10-19-16-12-21-18-9-5-3-7-15(16)18/h2-9,11,16,19H,10,12H2,1H3. The first-order chi connectivity index (χ1) is 10.3. The monoisotopic (exact) mass is 278 g/mol. The van der Waals surface area contributed by atoms with Gasteiger partial charge in [-0.05, 0) is 17.7 Å². The molecule has 2 aromatic carbocycles. The quantitative estimate of drug-likeness (QED) is 0.794. The summed E-state index contributed by atoms with van der Waals surface area (Å²) in [6.45, 7) is 1.56. The van der Waals surface area contributed by atoms with Gasteiger partial charge in [0.2, 0.25) is 0 Å². The zero-order valence-corrected chi connectivity index (χ0v) is 12.0. The predicted molar refractivity (Wildman–Crippen MR) is 84.4 cm³/mol. The minimum absolute atomic E-state index is 0.278. The molecule has 2 heterocycles. The van der Waals surface area contributed by atoms with E-state index in [1.54, 1.807) is 0 Å². The number of fused-ring (bicyclic) bond motifs is 2. The van der Waals surface area contributed by atoms with Gasteiger partial charge in [-0.2, -0.15) is 0 Å². The molecule has 0 saturated heterocycles. The van der Waals surface area contributed by atoms with Crippen LogP contribution in [0.2, 0.25) is 0 Å². The molecule has 0 saturated carbocycles. The Morgan fingerprint density at radius 2 is 1.95 bits per heavy atom. The number of hydrogen-bond donors (Lipinski definition) is 1. The summed E-state index contributed by atoms with van der Waals surface area (Å²) < 4.78 is 7.91. The summed E-state index contributed by atoms with van der Waals surface area (Å²) in [5.41, 5.74) is 3.87. The molecular weight excluding hydrogens is 260 g/mol. The summed E-state index contributed by atoms with van der Waals surface area (Å²) in [6.07, 6.45) is 2.21. The van der Waals surface area contributed by atoms with E-state index in [2.05, 4.69) is 59.5 Å². The van der Waals surface area contributed by atoms with Gasteiger partial charge >= 0.3 is 0 Å². The van der Waals surface area contributed by atoms with E-state index in [1.165, 1.54) is 22.0 Å². The highest BCUT2D eigenvalue weighted by Gasteiger charge is 2.23. The number of hydrogen-bond acceptors (Lipinski definition) is 2. The first-order valence-electron chi connectivity index (χ1n) is 7.31. The molecule has 1 aromatic heterocycles. The largest absolute Gasteiger partial charge is 0.491 e. The smallest absolute Gasteiger partial charge is 0.124 e. The zero-order valence-electron chi connectivity index (χ0n) is 12.0. The average molecular weight is 278 g/mol. The van der Waals surface area contributed by atoms with Crippen LogP contribution in [0.1, 0.15) is 17.2 Å². The molecule has 21 heavy (non-hydrogen) atoms. The highest BCUT2D eigenvalue weighted by Crippen LogP contribution is 2.32. The summed E-state index contributed by atoms with van der Waals surface area (Å²) in [5.74, 6) is 1.01. The molecule has 1 aliphatic heterocycles. The number of nitrogens with one attached hydrogen (secondary N) is 1. The second-order valence-electron chi connectivity index (χ2n) is 5.56. The Kier molecular flexibility index (Phi) is 2.93. The van der Waals surface area contributed by atoms with Gasteiger partial charge in [-0.15, -0.1) is 0 Å². The molecule has 1 unspecified atom stereocenters. The van der Waals surface area contributed by atoms with Crippen LogP contribution in [0.25, 0.3) is 10.9 Å². The average Bonchev–Trinajstić information content (AvgIpc) is 3.08. The summed E-state index contributed by atoms with van der Waals surface area (Å²) in [6, 6.07) is 17.1. The van der Waals surface area contributed by atoms with Crippen LogP contribution >= 0.6 is 0 Å². The van der Waals surface area contributed by atoms with Gasteiger partial charge in [-0.1, -0.05) is 36.4 Å². The number of benzene rings is 2. The Bertz CT molecular complexity index is 791. The van der Waals surface area contributed by atoms with Gasteiger partial charge in [0.15, 0.2) is 0 Å². The maximum Gasteiger partial charge on any atom is 0.124 e. The van der Waals surface area contributed by atoms with Crippen LogP contribution in [-0.2, 0) is 13.6 Å². The maximum absolute atomic E-state index is 5.72. The van der Waals surface area contributed by atoms with Crippen molar-refractivity contribution in [2.45, 2.75) is 12.6 Å². The fraction of sp³-hybridized carbons (Fsp3) is 0.222. The highest BCUT2D eigenvalue weighted by molar-refractivity contribution is 5.83. The van der Waals surface area contributed by atoms with E-state index >= 15 is 0 Å². The number of nitrogens with zero attached hydrogens (tertiary/aromatic N) is 1. The molecule has 0 aliphatic carbocycles. The molecule has 106 valence electrons. The molecular formula is C18H18N2O. The van der Waals surface area contributed by atoms with E-state index in [0.29, 0.717) is 6.61 Å². The van der Waals surface area contributed by atoms with Crippen molar-refractivity contribution in [2.24, 2.45) is 7.05 Å². The molecule has 4 rings (SSSR count). The number of para-hydroxylation sites is 2. The Morgan fingerprint density at radius 1 is 1.14 bits per heavy atom. The van der Waals surface area contributed by atoms with E-state index in [0.717, 1.165) is 12.3 Å². The van der Waals surface area contributed by atoms with Gasteiger partial charge in [0.1, 0.15) is 12.4 Å². The van der Waals surface area contributed by atoms with E-state index < -0.39 is 0 Å². The van der Waals surface area contributed by atoms with Crippen LogP contribution in [0.3, 0.4) is 0 Å². The van der Waals surface area contributed by atoms with Crippen LogP contribution in [0.15, 0.2) is 54.7 Å². The maximum atomic E-state index is 5.72. The Labute approximate surface area is 124 Å². The van der Waals surface area contributed by atoms with Gasteiger partial charge in [-0.25, -0.2) is 0 Å². The van der Waals surface area contributed by atoms with Crippen molar-refractivity contribution in [3.63, 3.8) is 0 Å². The van der Waals surface area contributed by atoms with Crippen molar-refractivity contribution in [3.05, 3.63) is 65.9 Å². The van der Waals surface area contributed by atoms with E-state index in [4.69, 9.17) is 4.74 Å². The Hall–Kier alpha value is -2.26. The van der Waals surface area contributed by atoms with E-state index in [1.807, 2.05) is 12.1 Å². The third-order valence-electron chi connectivity index (χ3n) is 4.22. The summed E-state index contributed by atoms with van der Waals surface area (Å²) in [5, 5.41) is 4.94. The van der Waals surface area contributed by atoms with Gasteiger partial charge < -0.3 is 14.6 Å². The van der Waals surface area contributed by atoms with Crippen molar-refractivity contribution in [3.8, 4) is 5.75 Å². The zero-order chi connectivity index (χ0) is 14.2. The third kappa shape index (κ3) is 2.10. The Morgan fingerprint density at radius 3 is 2.90 bits per heavy atom. The van der Waals surface area contributed by atoms with Crippen LogP contribution in [0.4, 0.5) is 0 Å². The fourth-order valence-corrected chi connectivity index (χ4v) is 3.13. The normalized spacial score (nSPS) is 16.9. The lowest BCUT2D eigenvalue weighted by Crippen LogP contribution is -2.21. The molecule has 3 aromatic rings. The van der Waals surface area contributed by atoms with Gasteiger partial charge in [0.25, 0.3) is 0 Å². The first-order valence-corrected chi connectivity index (χ1v) is 7.31. The first kappa shape index (κ1) is 12.5. The van der Waals surface area contributed by atoms with Crippen LogP contribution in [0.5, 0.6) is 5.75 Å². The molecule has 0 bridgehead atoms. The molecule has 3 nitrogen and oxygen atoms in total. The highest BCUT2D eigenvalue weighted by atomic mass is 16.5. The lowest BCUT2D eigenvalue weighted by atomic mass is 10.1. The second kappa shape index (κ2) is 4.93. The molecule has 1 atom stereocenters. The van der Waals surface area contributed by atoms with Crippen molar-refractivity contribution in [1.29, 1.82) is 0 Å². The number of ether oxygens (including phenoxy) is 1. The summed E-state index contributed by atoms with van der Waals surface area (Å²) in [4.78, 5) is 0. The molecule has 3 heteroatoms. The molecule has 0 amide bonds. The predicted octanol–water partition coefficient (Wildman–Crippen LogP) is 3.40. The second-order valence-corrected chi connectivity index (χ2v) is 5.56. The lowest BCUT2D eigenvalue weighted by molar-refractivity contribution is 0.310. The van der Waals surface area contributed by atoms with Crippen LogP contribution in [0, 0.1) is 0 Å². The fourth-order valence-electron chi connectivity index (χ4n) is 3.13. The number of rotatable bonds is 3. The van der Waals surface area contributed by atoms with Crippen molar-refractivity contribution >= 4 is 10.9 Å². The Balaban J connectivity index is 1.57. The molecule has 1 aliphatic rings. The molecule has 1 N–H and O–H groups in total. The van der Waals surface area contributed by atoms with Crippen LogP contribution < -0.4 is 10.1 Å². The third-order valence-corrected chi connectivity index (χ3v) is 4.22. The minimum atomic E-state index is 0.278.